The van der Waals surface area contributed by atoms with Gasteiger partial charge in [0.15, 0.2) is 5.82 Å². The summed E-state index contributed by atoms with van der Waals surface area (Å²) in [6, 6.07) is 13.5. The highest BCUT2D eigenvalue weighted by molar-refractivity contribution is 6.31. The molecule has 0 saturated heterocycles. The first kappa shape index (κ1) is 17.2. The van der Waals surface area contributed by atoms with E-state index in [1.54, 1.807) is 30.7 Å². The molecule has 5 nitrogen and oxygen atoms in total. The molecule has 0 saturated carbocycles. The predicted molar refractivity (Wildman–Crippen MR) is 104 cm³/mol. The zero-order valence-electron chi connectivity index (χ0n) is 14.6. The van der Waals surface area contributed by atoms with Crippen LogP contribution in [0, 0.1) is 0 Å². The van der Waals surface area contributed by atoms with E-state index in [2.05, 4.69) is 16.0 Å². The van der Waals surface area contributed by atoms with Crippen molar-refractivity contribution in [2.45, 2.75) is 6.42 Å². The second-order valence-electron chi connectivity index (χ2n) is 6.11. The highest BCUT2D eigenvalue weighted by Crippen LogP contribution is 2.24. The molecule has 0 aliphatic heterocycles. The second-order valence-corrected chi connectivity index (χ2v) is 6.55. The molecule has 0 radical (unpaired) electrons. The van der Waals surface area contributed by atoms with Crippen molar-refractivity contribution in [3.8, 4) is 5.82 Å². The largest absolute Gasteiger partial charge is 0.465 e. The van der Waals surface area contributed by atoms with Crippen LogP contribution in [-0.4, -0.2) is 27.6 Å². The summed E-state index contributed by atoms with van der Waals surface area (Å²) in [5.41, 5.74) is 3.50. The summed E-state index contributed by atoms with van der Waals surface area (Å²) < 4.78 is 6.87. The van der Waals surface area contributed by atoms with Crippen LogP contribution in [0.3, 0.4) is 0 Å². The SMILES string of the molecule is COC(=O)c1cc(Cl)ccc1Cc1ccc2c(ccn2-c2cnccn2)c1. The van der Waals surface area contributed by atoms with Crippen molar-refractivity contribution in [2.75, 3.05) is 7.11 Å². The van der Waals surface area contributed by atoms with Crippen molar-refractivity contribution in [3.63, 3.8) is 0 Å². The van der Waals surface area contributed by atoms with Gasteiger partial charge in [-0.25, -0.2) is 9.78 Å². The molecule has 0 aliphatic rings. The van der Waals surface area contributed by atoms with Crippen LogP contribution in [0.2, 0.25) is 5.02 Å². The second kappa shape index (κ2) is 7.21. The molecule has 27 heavy (non-hydrogen) atoms. The molecule has 2 aromatic carbocycles. The first-order valence-electron chi connectivity index (χ1n) is 8.39. The number of halogens is 1. The summed E-state index contributed by atoms with van der Waals surface area (Å²) in [5.74, 6) is 0.383. The number of benzene rings is 2. The molecule has 0 unspecified atom stereocenters. The van der Waals surface area contributed by atoms with E-state index >= 15 is 0 Å². The molecule has 4 rings (SSSR count). The minimum atomic E-state index is -0.387. The fourth-order valence-corrected chi connectivity index (χ4v) is 3.31. The van der Waals surface area contributed by atoms with Crippen LogP contribution in [-0.2, 0) is 11.2 Å². The monoisotopic (exact) mass is 377 g/mol. The molecule has 0 amide bonds. The smallest absolute Gasteiger partial charge is 0.338 e. The van der Waals surface area contributed by atoms with Crippen molar-refractivity contribution in [3.05, 3.63) is 89.0 Å². The Bertz CT molecular complexity index is 1120. The van der Waals surface area contributed by atoms with Crippen molar-refractivity contribution >= 4 is 28.5 Å². The molecule has 4 aromatic rings. The van der Waals surface area contributed by atoms with E-state index in [4.69, 9.17) is 16.3 Å². The van der Waals surface area contributed by atoms with Crippen LogP contribution in [0.5, 0.6) is 0 Å². The maximum Gasteiger partial charge on any atom is 0.338 e. The van der Waals surface area contributed by atoms with E-state index in [0.29, 0.717) is 17.0 Å². The van der Waals surface area contributed by atoms with Crippen LogP contribution in [0.25, 0.3) is 16.7 Å². The quantitative estimate of drug-likeness (QED) is 0.493. The first-order valence-corrected chi connectivity index (χ1v) is 8.76. The van der Waals surface area contributed by atoms with E-state index < -0.39 is 0 Å². The average Bonchev–Trinajstić information content (AvgIpc) is 3.12. The number of fused-ring (bicyclic) bond motifs is 1. The third-order valence-electron chi connectivity index (χ3n) is 4.42. The number of rotatable bonds is 4. The van der Waals surface area contributed by atoms with Gasteiger partial charge in [0.05, 0.1) is 24.4 Å². The Morgan fingerprint density at radius 3 is 2.81 bits per heavy atom. The first-order chi connectivity index (χ1) is 13.2. The highest BCUT2D eigenvalue weighted by Gasteiger charge is 2.13. The van der Waals surface area contributed by atoms with Crippen LogP contribution >= 0.6 is 11.6 Å². The zero-order chi connectivity index (χ0) is 18.8. The molecule has 2 heterocycles. The third-order valence-corrected chi connectivity index (χ3v) is 4.66. The van der Waals surface area contributed by atoms with E-state index in [1.165, 1.54) is 7.11 Å². The predicted octanol–water partition coefficient (Wildman–Crippen LogP) is 4.45. The molecule has 2 aromatic heterocycles. The average molecular weight is 378 g/mol. The molecular weight excluding hydrogens is 362 g/mol. The standard InChI is InChI=1S/C21H16ClN3O2/c1-27-21(26)18-12-17(22)4-3-15(18)10-14-2-5-19-16(11-14)6-9-25(19)20-13-23-7-8-24-20/h2-9,11-13H,10H2,1H3. The Morgan fingerprint density at radius 2 is 2.04 bits per heavy atom. The molecule has 134 valence electrons. The van der Waals surface area contributed by atoms with E-state index in [1.807, 2.05) is 35.0 Å². The number of esters is 1. The summed E-state index contributed by atoms with van der Waals surface area (Å²) in [6.07, 6.45) is 7.63. The fraction of sp³-hybridized carbons (Fsp3) is 0.0952. The summed E-state index contributed by atoms with van der Waals surface area (Å²) in [4.78, 5) is 20.5. The summed E-state index contributed by atoms with van der Waals surface area (Å²) in [5, 5.41) is 1.60. The minimum Gasteiger partial charge on any atom is -0.465 e. The van der Waals surface area contributed by atoms with E-state index in [9.17, 15) is 4.79 Å². The topological polar surface area (TPSA) is 57.0 Å². The van der Waals surface area contributed by atoms with Crippen LogP contribution in [0.1, 0.15) is 21.5 Å². The summed E-state index contributed by atoms with van der Waals surface area (Å²) in [6.45, 7) is 0. The van der Waals surface area contributed by atoms with Crippen molar-refractivity contribution in [1.82, 2.24) is 14.5 Å². The molecular formula is C21H16ClN3O2. The van der Waals surface area contributed by atoms with Gasteiger partial charge in [-0.3, -0.25) is 9.55 Å². The van der Waals surface area contributed by atoms with Gasteiger partial charge >= 0.3 is 5.97 Å². The van der Waals surface area contributed by atoms with Crippen molar-refractivity contribution in [2.24, 2.45) is 0 Å². The molecule has 0 N–H and O–H groups in total. The lowest BCUT2D eigenvalue weighted by atomic mass is 9.99. The number of hydrogen-bond acceptors (Lipinski definition) is 4. The van der Waals surface area contributed by atoms with E-state index in [-0.39, 0.29) is 5.97 Å². The Labute approximate surface area is 161 Å². The van der Waals surface area contributed by atoms with Gasteiger partial charge in [0.25, 0.3) is 0 Å². The number of carbonyl (C=O) groups excluding carboxylic acids is 1. The van der Waals surface area contributed by atoms with Gasteiger partial charge in [-0.1, -0.05) is 23.7 Å². The summed E-state index contributed by atoms with van der Waals surface area (Å²) in [7, 11) is 1.37. The maximum atomic E-state index is 12.1. The molecule has 6 heteroatoms. The Hall–Kier alpha value is -3.18. The van der Waals surface area contributed by atoms with Crippen LogP contribution < -0.4 is 0 Å². The maximum absolute atomic E-state index is 12.1. The molecule has 0 bridgehead atoms. The Morgan fingerprint density at radius 1 is 1.15 bits per heavy atom. The van der Waals surface area contributed by atoms with Gasteiger partial charge in [0.2, 0.25) is 0 Å². The Kier molecular flexibility index (Phi) is 4.60. The zero-order valence-corrected chi connectivity index (χ0v) is 15.3. The minimum absolute atomic E-state index is 0.387. The lowest BCUT2D eigenvalue weighted by molar-refractivity contribution is 0.0599. The molecule has 0 aliphatic carbocycles. The van der Waals surface area contributed by atoms with Crippen LogP contribution in [0.15, 0.2) is 67.3 Å². The molecule has 0 fully saturated rings. The number of hydrogen-bond donors (Lipinski definition) is 0. The van der Waals surface area contributed by atoms with E-state index in [0.717, 1.165) is 27.8 Å². The van der Waals surface area contributed by atoms with Gasteiger partial charge in [0, 0.05) is 29.0 Å². The van der Waals surface area contributed by atoms with Gasteiger partial charge < -0.3 is 4.74 Å². The fourth-order valence-electron chi connectivity index (χ4n) is 3.14. The van der Waals surface area contributed by atoms with Gasteiger partial charge in [-0.05, 0) is 47.9 Å². The summed E-state index contributed by atoms with van der Waals surface area (Å²) >= 11 is 6.04. The van der Waals surface area contributed by atoms with Crippen molar-refractivity contribution < 1.29 is 9.53 Å². The number of carbonyl (C=O) groups is 1. The Balaban J connectivity index is 1.70. The lowest BCUT2D eigenvalue weighted by Gasteiger charge is -2.09. The number of aromatic nitrogens is 3. The third kappa shape index (κ3) is 3.41. The van der Waals surface area contributed by atoms with Crippen molar-refractivity contribution in [1.29, 1.82) is 0 Å². The van der Waals surface area contributed by atoms with Gasteiger partial charge in [-0.15, -0.1) is 0 Å². The molecule has 0 atom stereocenters. The number of ether oxygens (including phenoxy) is 1. The highest BCUT2D eigenvalue weighted by atomic mass is 35.5. The van der Waals surface area contributed by atoms with Gasteiger partial charge in [0.1, 0.15) is 0 Å². The normalized spacial score (nSPS) is 10.9. The number of nitrogens with zero attached hydrogens (tertiary/aromatic N) is 3. The molecule has 0 spiro atoms. The lowest BCUT2D eigenvalue weighted by Crippen LogP contribution is -2.06. The van der Waals surface area contributed by atoms with Crippen LogP contribution in [0.4, 0.5) is 0 Å². The van der Waals surface area contributed by atoms with Gasteiger partial charge in [-0.2, -0.15) is 0 Å². The number of methoxy groups -OCH3 is 1.